The van der Waals surface area contributed by atoms with Gasteiger partial charge in [-0.3, -0.25) is 4.90 Å². The summed E-state index contributed by atoms with van der Waals surface area (Å²) >= 11 is 0. The Morgan fingerprint density at radius 2 is 2.26 bits per heavy atom. The topological polar surface area (TPSA) is 46.0 Å². The Morgan fingerprint density at radius 1 is 1.35 bits per heavy atom. The van der Waals surface area contributed by atoms with E-state index in [1.54, 1.807) is 0 Å². The predicted molar refractivity (Wildman–Crippen MR) is 92.3 cm³/mol. The Balaban J connectivity index is 1.75. The van der Waals surface area contributed by atoms with E-state index >= 15 is 0 Å². The Kier molecular flexibility index (Phi) is 4.07. The van der Waals surface area contributed by atoms with Crippen molar-refractivity contribution in [1.82, 2.24) is 24.8 Å². The van der Waals surface area contributed by atoms with Gasteiger partial charge in [0.05, 0.1) is 6.04 Å². The van der Waals surface area contributed by atoms with Gasteiger partial charge >= 0.3 is 0 Å². The van der Waals surface area contributed by atoms with E-state index in [2.05, 4.69) is 39.7 Å². The summed E-state index contributed by atoms with van der Waals surface area (Å²) in [5, 5.41) is 3.48. The number of imidazole rings is 1. The van der Waals surface area contributed by atoms with Gasteiger partial charge in [0.15, 0.2) is 5.65 Å². The second-order valence-corrected chi connectivity index (χ2v) is 7.28. The van der Waals surface area contributed by atoms with E-state index in [1.165, 1.54) is 31.6 Å². The molecule has 0 amide bonds. The fourth-order valence-corrected chi connectivity index (χ4v) is 4.22. The van der Waals surface area contributed by atoms with Crippen molar-refractivity contribution >= 4 is 11.2 Å². The van der Waals surface area contributed by atoms with Gasteiger partial charge in [-0.05, 0) is 70.8 Å². The van der Waals surface area contributed by atoms with Crippen LogP contribution in [0.4, 0.5) is 0 Å². The molecule has 5 nitrogen and oxygen atoms in total. The maximum absolute atomic E-state index is 5.01. The minimum Gasteiger partial charge on any atom is -0.316 e. The molecule has 0 spiro atoms. The van der Waals surface area contributed by atoms with Crippen LogP contribution in [-0.2, 0) is 6.54 Å². The molecule has 0 radical (unpaired) electrons. The first-order chi connectivity index (χ1) is 11.2. The van der Waals surface area contributed by atoms with Crippen LogP contribution in [0.15, 0.2) is 18.3 Å². The number of hydrogen-bond acceptors (Lipinski definition) is 4. The molecule has 2 atom stereocenters. The summed E-state index contributed by atoms with van der Waals surface area (Å²) < 4.78 is 2.42. The van der Waals surface area contributed by atoms with E-state index in [9.17, 15) is 0 Å². The zero-order valence-corrected chi connectivity index (χ0v) is 14.2. The summed E-state index contributed by atoms with van der Waals surface area (Å²) in [6.45, 7) is 9.07. The normalized spacial score (nSPS) is 25.9. The second-order valence-electron chi connectivity index (χ2n) is 7.28. The molecule has 2 aromatic heterocycles. The highest BCUT2D eigenvalue weighted by atomic mass is 15.3. The molecule has 4 rings (SSSR count). The first kappa shape index (κ1) is 15.1. The lowest BCUT2D eigenvalue weighted by molar-refractivity contribution is 0.194. The average Bonchev–Trinajstić information content (AvgIpc) is 3.26. The molecule has 1 N–H and O–H groups in total. The molecule has 0 aromatic carbocycles. The summed E-state index contributed by atoms with van der Waals surface area (Å²) in [4.78, 5) is 12.3. The number of aromatic nitrogens is 3. The van der Waals surface area contributed by atoms with Gasteiger partial charge in [0.2, 0.25) is 0 Å². The Hall–Kier alpha value is -1.46. The smallest absolute Gasteiger partial charge is 0.160 e. The quantitative estimate of drug-likeness (QED) is 0.942. The maximum atomic E-state index is 5.01. The third kappa shape index (κ3) is 2.76. The summed E-state index contributed by atoms with van der Waals surface area (Å²) in [6.07, 6.45) is 5.63. The Labute approximate surface area is 138 Å². The zero-order valence-electron chi connectivity index (χ0n) is 14.2. The molecule has 0 bridgehead atoms. The minimum absolute atomic E-state index is 0.443. The lowest BCUT2D eigenvalue weighted by Crippen LogP contribution is -2.32. The van der Waals surface area contributed by atoms with Gasteiger partial charge in [-0.15, -0.1) is 0 Å². The summed E-state index contributed by atoms with van der Waals surface area (Å²) in [5.74, 6) is 1.93. The van der Waals surface area contributed by atoms with Gasteiger partial charge in [-0.1, -0.05) is 0 Å². The monoisotopic (exact) mass is 313 g/mol. The van der Waals surface area contributed by atoms with Crippen LogP contribution < -0.4 is 5.32 Å². The van der Waals surface area contributed by atoms with Crippen molar-refractivity contribution in [2.75, 3.05) is 19.6 Å². The van der Waals surface area contributed by atoms with Crippen LogP contribution in [0, 0.1) is 5.92 Å². The fraction of sp³-hybridized carbons (Fsp3) is 0.667. The van der Waals surface area contributed by atoms with E-state index in [4.69, 9.17) is 4.98 Å². The van der Waals surface area contributed by atoms with Crippen molar-refractivity contribution in [3.63, 3.8) is 0 Å². The lowest BCUT2D eigenvalue weighted by atomic mass is 10.1. The SMILES string of the molecule is CC(C)N1CCCC1c1nc2cccnc2n1CC1CCNC1. The number of rotatable bonds is 4. The summed E-state index contributed by atoms with van der Waals surface area (Å²) in [5.41, 5.74) is 2.11. The van der Waals surface area contributed by atoms with Crippen LogP contribution in [0.5, 0.6) is 0 Å². The first-order valence-electron chi connectivity index (χ1n) is 9.01. The van der Waals surface area contributed by atoms with E-state index in [0.29, 0.717) is 18.0 Å². The first-order valence-corrected chi connectivity index (χ1v) is 9.01. The van der Waals surface area contributed by atoms with Gasteiger partial charge in [0, 0.05) is 18.8 Å². The van der Waals surface area contributed by atoms with Crippen LogP contribution in [-0.4, -0.2) is 45.1 Å². The van der Waals surface area contributed by atoms with Gasteiger partial charge in [0.1, 0.15) is 11.3 Å². The molecule has 0 aliphatic carbocycles. The molecule has 2 unspecified atom stereocenters. The molecule has 2 aliphatic rings. The molecule has 4 heterocycles. The Bertz CT molecular complexity index is 671. The van der Waals surface area contributed by atoms with Crippen molar-refractivity contribution in [3.8, 4) is 0 Å². The van der Waals surface area contributed by atoms with Crippen molar-refractivity contribution in [3.05, 3.63) is 24.2 Å². The molecule has 124 valence electrons. The van der Waals surface area contributed by atoms with Crippen molar-refractivity contribution < 1.29 is 0 Å². The average molecular weight is 313 g/mol. The second kappa shape index (κ2) is 6.21. The van der Waals surface area contributed by atoms with Gasteiger partial charge < -0.3 is 9.88 Å². The van der Waals surface area contributed by atoms with Crippen LogP contribution in [0.2, 0.25) is 0 Å². The minimum atomic E-state index is 0.443. The molecular weight excluding hydrogens is 286 g/mol. The van der Waals surface area contributed by atoms with E-state index < -0.39 is 0 Å². The van der Waals surface area contributed by atoms with E-state index in [0.717, 1.165) is 30.8 Å². The van der Waals surface area contributed by atoms with Crippen molar-refractivity contribution in [2.45, 2.75) is 51.7 Å². The molecule has 2 fully saturated rings. The number of hydrogen-bond donors (Lipinski definition) is 1. The standard InChI is InChI=1S/C18H27N5/c1-13(2)22-10-4-6-16(22)18-21-15-5-3-8-20-17(15)23(18)12-14-7-9-19-11-14/h3,5,8,13-14,16,19H,4,6-7,9-12H2,1-2H3. The summed E-state index contributed by atoms with van der Waals surface area (Å²) in [7, 11) is 0. The highest BCUT2D eigenvalue weighted by Crippen LogP contribution is 2.35. The molecule has 2 saturated heterocycles. The third-order valence-corrected chi connectivity index (χ3v) is 5.39. The summed E-state index contributed by atoms with van der Waals surface area (Å²) in [6, 6.07) is 5.11. The lowest BCUT2D eigenvalue weighted by Gasteiger charge is -2.28. The van der Waals surface area contributed by atoms with Crippen LogP contribution in [0.25, 0.3) is 11.2 Å². The fourth-order valence-electron chi connectivity index (χ4n) is 4.22. The van der Waals surface area contributed by atoms with Crippen molar-refractivity contribution in [2.24, 2.45) is 5.92 Å². The highest BCUT2D eigenvalue weighted by molar-refractivity contribution is 5.71. The highest BCUT2D eigenvalue weighted by Gasteiger charge is 2.32. The van der Waals surface area contributed by atoms with E-state index in [-0.39, 0.29) is 0 Å². The number of pyridine rings is 1. The zero-order chi connectivity index (χ0) is 15.8. The molecule has 0 saturated carbocycles. The molecule has 23 heavy (non-hydrogen) atoms. The number of fused-ring (bicyclic) bond motifs is 1. The predicted octanol–water partition coefficient (Wildman–Crippen LogP) is 2.59. The van der Waals surface area contributed by atoms with Crippen LogP contribution >= 0.6 is 0 Å². The third-order valence-electron chi connectivity index (χ3n) is 5.39. The Morgan fingerprint density at radius 3 is 3.04 bits per heavy atom. The number of likely N-dealkylation sites (tertiary alicyclic amines) is 1. The molecule has 2 aliphatic heterocycles. The van der Waals surface area contributed by atoms with Gasteiger partial charge in [0.25, 0.3) is 0 Å². The molecule has 2 aromatic rings. The van der Waals surface area contributed by atoms with Crippen LogP contribution in [0.3, 0.4) is 0 Å². The number of nitrogens with zero attached hydrogens (tertiary/aromatic N) is 4. The van der Waals surface area contributed by atoms with Crippen molar-refractivity contribution in [1.29, 1.82) is 0 Å². The number of nitrogens with one attached hydrogen (secondary N) is 1. The van der Waals surface area contributed by atoms with Gasteiger partial charge in [-0.25, -0.2) is 9.97 Å². The molecule has 5 heteroatoms. The largest absolute Gasteiger partial charge is 0.316 e. The molecular formula is C18H27N5. The van der Waals surface area contributed by atoms with Crippen LogP contribution in [0.1, 0.15) is 45.0 Å². The van der Waals surface area contributed by atoms with E-state index in [1.807, 2.05) is 12.3 Å². The maximum Gasteiger partial charge on any atom is 0.160 e. The van der Waals surface area contributed by atoms with Gasteiger partial charge in [-0.2, -0.15) is 0 Å².